The van der Waals surface area contributed by atoms with Crippen LogP contribution < -0.4 is 0 Å². The van der Waals surface area contributed by atoms with Crippen LogP contribution in [0.2, 0.25) is 0 Å². The maximum atomic E-state index is 4.11. The van der Waals surface area contributed by atoms with Crippen LogP contribution in [0, 0.1) is 5.92 Å². The van der Waals surface area contributed by atoms with E-state index in [4.69, 9.17) is 0 Å². The van der Waals surface area contributed by atoms with E-state index in [0.717, 1.165) is 5.92 Å². The van der Waals surface area contributed by atoms with Crippen molar-refractivity contribution < 1.29 is 0 Å². The molecule has 0 amide bonds. The smallest absolute Gasteiger partial charge is 0.00579 e. The molecule has 0 unspecified atom stereocenters. The molecule has 2 nitrogen and oxygen atoms in total. The minimum atomic E-state index is 0.711. The third-order valence-corrected chi connectivity index (χ3v) is 3.54. The van der Waals surface area contributed by atoms with Crippen molar-refractivity contribution in [2.75, 3.05) is 27.2 Å². The fourth-order valence-corrected chi connectivity index (χ4v) is 2.19. The largest absolute Gasteiger partial charge is 0.381 e. The van der Waals surface area contributed by atoms with Gasteiger partial charge in [0.2, 0.25) is 0 Å². The fourth-order valence-electron chi connectivity index (χ4n) is 2.19. The van der Waals surface area contributed by atoms with Crippen molar-refractivity contribution in [1.82, 2.24) is 9.80 Å². The van der Waals surface area contributed by atoms with E-state index in [2.05, 4.69) is 44.3 Å². The lowest BCUT2D eigenvalue weighted by molar-refractivity contribution is 0.146. The van der Waals surface area contributed by atoms with Gasteiger partial charge in [-0.2, -0.15) is 0 Å². The Morgan fingerprint density at radius 1 is 1.33 bits per heavy atom. The first-order valence-electron chi connectivity index (χ1n) is 6.10. The van der Waals surface area contributed by atoms with Crippen LogP contribution in [0.5, 0.6) is 0 Å². The van der Waals surface area contributed by atoms with Gasteiger partial charge in [-0.25, -0.2) is 0 Å². The Morgan fingerprint density at radius 3 is 2.27 bits per heavy atom. The van der Waals surface area contributed by atoms with E-state index in [9.17, 15) is 0 Å². The molecule has 0 aromatic rings. The molecule has 1 heterocycles. The molecule has 1 rings (SSSR count). The average Bonchev–Trinajstić information content (AvgIpc) is 2.18. The van der Waals surface area contributed by atoms with Gasteiger partial charge in [0.05, 0.1) is 0 Å². The summed E-state index contributed by atoms with van der Waals surface area (Å²) < 4.78 is 0. The highest BCUT2D eigenvalue weighted by Crippen LogP contribution is 2.24. The van der Waals surface area contributed by atoms with E-state index in [1.807, 2.05) is 0 Å². The molecule has 0 atom stereocenters. The first-order valence-corrected chi connectivity index (χ1v) is 6.10. The van der Waals surface area contributed by atoms with Gasteiger partial charge in [-0.15, -0.1) is 0 Å². The molecular weight excluding hydrogens is 184 g/mol. The second-order valence-corrected chi connectivity index (χ2v) is 5.24. The summed E-state index contributed by atoms with van der Waals surface area (Å²) in [4.78, 5) is 4.73. The lowest BCUT2D eigenvalue weighted by atomic mass is 9.91. The lowest BCUT2D eigenvalue weighted by Gasteiger charge is -2.35. The molecule has 0 aromatic carbocycles. The van der Waals surface area contributed by atoms with E-state index in [1.54, 1.807) is 0 Å². The summed E-state index contributed by atoms with van der Waals surface area (Å²) in [5.74, 6) is 0.856. The standard InChI is InChI=1S/C13H26N2/c1-11(2)15-8-6-13(7-9-15)10-12(3)14(4)5/h11,13H,3,6-10H2,1-2,4-5H3. The number of piperidine rings is 1. The molecule has 0 spiro atoms. The zero-order valence-electron chi connectivity index (χ0n) is 10.8. The first-order chi connectivity index (χ1) is 7.00. The fraction of sp³-hybridized carbons (Fsp3) is 0.846. The maximum Gasteiger partial charge on any atom is 0.00579 e. The van der Waals surface area contributed by atoms with Crippen LogP contribution in [0.1, 0.15) is 33.1 Å². The molecule has 1 fully saturated rings. The molecule has 15 heavy (non-hydrogen) atoms. The zero-order valence-corrected chi connectivity index (χ0v) is 10.8. The first kappa shape index (κ1) is 12.6. The molecule has 0 bridgehead atoms. The Balaban J connectivity index is 2.29. The minimum Gasteiger partial charge on any atom is -0.381 e. The Kier molecular flexibility index (Phi) is 4.65. The molecule has 88 valence electrons. The molecule has 2 heteroatoms. The third-order valence-electron chi connectivity index (χ3n) is 3.54. The van der Waals surface area contributed by atoms with Gasteiger partial charge < -0.3 is 9.80 Å². The zero-order chi connectivity index (χ0) is 11.4. The summed E-state index contributed by atoms with van der Waals surface area (Å²) in [5, 5.41) is 0. The Hall–Kier alpha value is -0.500. The summed E-state index contributed by atoms with van der Waals surface area (Å²) in [6.45, 7) is 11.2. The molecule has 0 aliphatic carbocycles. The van der Waals surface area contributed by atoms with Crippen molar-refractivity contribution >= 4 is 0 Å². The van der Waals surface area contributed by atoms with Gasteiger partial charge in [-0.05, 0) is 52.1 Å². The van der Waals surface area contributed by atoms with Crippen molar-refractivity contribution in [2.45, 2.75) is 39.2 Å². The predicted octanol–water partition coefficient (Wildman–Crippen LogP) is 2.57. The summed E-state index contributed by atoms with van der Waals surface area (Å²) >= 11 is 0. The molecule has 0 saturated carbocycles. The van der Waals surface area contributed by atoms with Crippen LogP contribution in [-0.4, -0.2) is 43.0 Å². The quantitative estimate of drug-likeness (QED) is 0.703. The van der Waals surface area contributed by atoms with Crippen LogP contribution in [0.3, 0.4) is 0 Å². The van der Waals surface area contributed by atoms with Gasteiger partial charge in [0.25, 0.3) is 0 Å². The second-order valence-electron chi connectivity index (χ2n) is 5.24. The number of rotatable bonds is 4. The van der Waals surface area contributed by atoms with Crippen LogP contribution >= 0.6 is 0 Å². The molecule has 1 aliphatic heterocycles. The van der Waals surface area contributed by atoms with Gasteiger partial charge in [0.15, 0.2) is 0 Å². The Bertz CT molecular complexity index is 201. The second kappa shape index (κ2) is 5.55. The molecule has 0 aromatic heterocycles. The maximum absolute atomic E-state index is 4.11. The number of likely N-dealkylation sites (tertiary alicyclic amines) is 1. The molecule has 1 aliphatic rings. The Morgan fingerprint density at radius 2 is 1.87 bits per heavy atom. The Labute approximate surface area is 94.9 Å². The average molecular weight is 210 g/mol. The molecule has 0 radical (unpaired) electrons. The highest BCUT2D eigenvalue weighted by atomic mass is 15.1. The van der Waals surface area contributed by atoms with Crippen molar-refractivity contribution in [1.29, 1.82) is 0 Å². The highest BCUT2D eigenvalue weighted by molar-refractivity contribution is 4.94. The topological polar surface area (TPSA) is 6.48 Å². The lowest BCUT2D eigenvalue weighted by Crippen LogP contribution is -2.38. The van der Waals surface area contributed by atoms with Gasteiger partial charge in [-0.1, -0.05) is 6.58 Å². The summed E-state index contributed by atoms with van der Waals surface area (Å²) in [7, 11) is 4.18. The monoisotopic (exact) mass is 210 g/mol. The molecule has 1 saturated heterocycles. The summed E-state index contributed by atoms with van der Waals surface area (Å²) in [6.07, 6.45) is 3.86. The van der Waals surface area contributed by atoms with Crippen LogP contribution in [-0.2, 0) is 0 Å². The highest BCUT2D eigenvalue weighted by Gasteiger charge is 2.21. The number of hydrogen-bond donors (Lipinski definition) is 0. The number of hydrogen-bond acceptors (Lipinski definition) is 2. The van der Waals surface area contributed by atoms with Crippen molar-refractivity contribution in [2.24, 2.45) is 5.92 Å². The van der Waals surface area contributed by atoms with Gasteiger partial charge in [-0.3, -0.25) is 0 Å². The van der Waals surface area contributed by atoms with Gasteiger partial charge >= 0.3 is 0 Å². The van der Waals surface area contributed by atoms with Crippen molar-refractivity contribution in [3.05, 3.63) is 12.3 Å². The van der Waals surface area contributed by atoms with Crippen LogP contribution in [0.4, 0.5) is 0 Å². The number of nitrogens with zero attached hydrogens (tertiary/aromatic N) is 2. The van der Waals surface area contributed by atoms with Crippen LogP contribution in [0.15, 0.2) is 12.3 Å². The van der Waals surface area contributed by atoms with E-state index < -0.39 is 0 Å². The SMILES string of the molecule is C=C(CC1CCN(C(C)C)CC1)N(C)C. The van der Waals surface area contributed by atoms with E-state index in [1.165, 1.54) is 38.0 Å². The molecular formula is C13H26N2. The van der Waals surface area contributed by atoms with Crippen molar-refractivity contribution in [3.8, 4) is 0 Å². The van der Waals surface area contributed by atoms with Gasteiger partial charge in [0.1, 0.15) is 0 Å². The van der Waals surface area contributed by atoms with Crippen molar-refractivity contribution in [3.63, 3.8) is 0 Å². The summed E-state index contributed by atoms with van der Waals surface area (Å²) in [5.41, 5.74) is 1.28. The molecule has 0 N–H and O–H groups in total. The van der Waals surface area contributed by atoms with E-state index in [0.29, 0.717) is 6.04 Å². The summed E-state index contributed by atoms with van der Waals surface area (Å²) in [6, 6.07) is 0.711. The minimum absolute atomic E-state index is 0.711. The van der Waals surface area contributed by atoms with E-state index in [-0.39, 0.29) is 0 Å². The van der Waals surface area contributed by atoms with Crippen LogP contribution in [0.25, 0.3) is 0 Å². The van der Waals surface area contributed by atoms with Gasteiger partial charge in [0, 0.05) is 25.8 Å². The normalized spacial score (nSPS) is 19.5. The third kappa shape index (κ3) is 3.86. The predicted molar refractivity (Wildman–Crippen MR) is 66.9 cm³/mol. The number of allylic oxidation sites excluding steroid dienone is 1. The van der Waals surface area contributed by atoms with E-state index >= 15 is 0 Å².